The summed E-state index contributed by atoms with van der Waals surface area (Å²) in [5.41, 5.74) is 0. The standard InChI is InChI=1S/C7H13NO3/c1-5(7(10)11)3-4-8-6(2)9/h5H,3-4H2,1-2H3,(H,8,9)(H,10,11). The van der Waals surface area contributed by atoms with Crippen LogP contribution in [0.5, 0.6) is 0 Å². The van der Waals surface area contributed by atoms with Crippen LogP contribution in [0.2, 0.25) is 0 Å². The van der Waals surface area contributed by atoms with Crippen molar-refractivity contribution in [2.45, 2.75) is 20.3 Å². The number of nitrogens with one attached hydrogen (secondary N) is 1. The summed E-state index contributed by atoms with van der Waals surface area (Å²) >= 11 is 0. The molecule has 2 N–H and O–H groups in total. The molecule has 0 bridgehead atoms. The first-order valence-electron chi connectivity index (χ1n) is 3.51. The third-order valence-electron chi connectivity index (χ3n) is 1.37. The average molecular weight is 159 g/mol. The lowest BCUT2D eigenvalue weighted by atomic mass is 10.1. The van der Waals surface area contributed by atoms with E-state index in [4.69, 9.17) is 5.11 Å². The molecule has 0 spiro atoms. The highest BCUT2D eigenvalue weighted by molar-refractivity contribution is 5.73. The van der Waals surface area contributed by atoms with Gasteiger partial charge in [0.15, 0.2) is 0 Å². The molecule has 4 nitrogen and oxygen atoms in total. The number of rotatable bonds is 4. The Kier molecular flexibility index (Phi) is 4.26. The smallest absolute Gasteiger partial charge is 0.306 e. The van der Waals surface area contributed by atoms with E-state index in [0.717, 1.165) is 0 Å². The van der Waals surface area contributed by atoms with Crippen molar-refractivity contribution >= 4 is 11.9 Å². The van der Waals surface area contributed by atoms with E-state index in [0.29, 0.717) is 13.0 Å². The lowest BCUT2D eigenvalue weighted by Crippen LogP contribution is -2.24. The molecule has 1 atom stereocenters. The van der Waals surface area contributed by atoms with Gasteiger partial charge < -0.3 is 10.4 Å². The van der Waals surface area contributed by atoms with Crippen molar-refractivity contribution in [2.24, 2.45) is 5.92 Å². The molecule has 0 saturated carbocycles. The maximum atomic E-state index is 10.3. The fourth-order valence-electron chi connectivity index (χ4n) is 0.588. The monoisotopic (exact) mass is 159 g/mol. The summed E-state index contributed by atoms with van der Waals surface area (Å²) < 4.78 is 0. The molecule has 1 amide bonds. The molecule has 64 valence electrons. The van der Waals surface area contributed by atoms with Crippen molar-refractivity contribution in [3.05, 3.63) is 0 Å². The van der Waals surface area contributed by atoms with Gasteiger partial charge in [-0.05, 0) is 6.42 Å². The summed E-state index contributed by atoms with van der Waals surface area (Å²) in [6, 6.07) is 0. The topological polar surface area (TPSA) is 66.4 Å². The quantitative estimate of drug-likeness (QED) is 0.617. The Balaban J connectivity index is 3.39. The predicted molar refractivity (Wildman–Crippen MR) is 40.1 cm³/mol. The molecule has 0 aliphatic carbocycles. The molecule has 0 aliphatic rings. The molecule has 0 aromatic rings. The van der Waals surface area contributed by atoms with Crippen LogP contribution in [0.1, 0.15) is 20.3 Å². The average Bonchev–Trinajstić information content (AvgIpc) is 1.86. The van der Waals surface area contributed by atoms with E-state index in [2.05, 4.69) is 5.32 Å². The molecule has 0 rings (SSSR count). The van der Waals surface area contributed by atoms with Crippen LogP contribution in [0.3, 0.4) is 0 Å². The lowest BCUT2D eigenvalue weighted by Gasteiger charge is -2.05. The second kappa shape index (κ2) is 4.71. The van der Waals surface area contributed by atoms with Gasteiger partial charge in [-0.1, -0.05) is 6.92 Å². The van der Waals surface area contributed by atoms with Crippen LogP contribution in [0, 0.1) is 5.92 Å². The summed E-state index contributed by atoms with van der Waals surface area (Å²) in [4.78, 5) is 20.6. The van der Waals surface area contributed by atoms with Crippen LogP contribution in [0.25, 0.3) is 0 Å². The number of aliphatic carboxylic acids is 1. The van der Waals surface area contributed by atoms with Crippen LogP contribution < -0.4 is 5.32 Å². The molecule has 4 heteroatoms. The van der Waals surface area contributed by atoms with Crippen LogP contribution in [0.4, 0.5) is 0 Å². The normalized spacial score (nSPS) is 12.2. The van der Waals surface area contributed by atoms with E-state index in [9.17, 15) is 9.59 Å². The number of hydrogen-bond donors (Lipinski definition) is 2. The third kappa shape index (κ3) is 5.39. The highest BCUT2D eigenvalue weighted by Gasteiger charge is 2.09. The maximum absolute atomic E-state index is 10.3. The molecule has 11 heavy (non-hydrogen) atoms. The number of carboxylic acids is 1. The first-order chi connectivity index (χ1) is 5.04. The van der Waals surface area contributed by atoms with Gasteiger partial charge in [0.05, 0.1) is 5.92 Å². The molecule has 0 fully saturated rings. The number of hydrogen-bond acceptors (Lipinski definition) is 2. The lowest BCUT2D eigenvalue weighted by molar-refractivity contribution is -0.141. The van der Waals surface area contributed by atoms with Gasteiger partial charge in [-0.15, -0.1) is 0 Å². The molecule has 0 aliphatic heterocycles. The summed E-state index contributed by atoms with van der Waals surface area (Å²) in [7, 11) is 0. The summed E-state index contributed by atoms with van der Waals surface area (Å²) in [5.74, 6) is -1.33. The zero-order valence-electron chi connectivity index (χ0n) is 6.76. The minimum absolute atomic E-state index is 0.123. The molecule has 0 aromatic carbocycles. The van der Waals surface area contributed by atoms with E-state index in [1.54, 1.807) is 6.92 Å². The molecule has 0 heterocycles. The minimum atomic E-state index is -0.824. The zero-order chi connectivity index (χ0) is 8.85. The largest absolute Gasteiger partial charge is 0.481 e. The number of carbonyl (C=O) groups excluding carboxylic acids is 1. The van der Waals surface area contributed by atoms with Crippen LogP contribution in [-0.4, -0.2) is 23.5 Å². The number of amides is 1. The first kappa shape index (κ1) is 9.94. The summed E-state index contributed by atoms with van der Waals surface area (Å²) in [6.45, 7) is 3.46. The van der Waals surface area contributed by atoms with Crippen molar-refractivity contribution in [1.29, 1.82) is 0 Å². The fourth-order valence-corrected chi connectivity index (χ4v) is 0.588. The Hall–Kier alpha value is -1.06. The van der Waals surface area contributed by atoms with E-state index >= 15 is 0 Å². The van der Waals surface area contributed by atoms with E-state index < -0.39 is 5.97 Å². The first-order valence-corrected chi connectivity index (χ1v) is 3.51. The van der Waals surface area contributed by atoms with Crippen molar-refractivity contribution in [3.63, 3.8) is 0 Å². The highest BCUT2D eigenvalue weighted by Crippen LogP contribution is 1.98. The SMILES string of the molecule is CC(=O)NCCC(C)C(=O)O. The van der Waals surface area contributed by atoms with Crippen LogP contribution in [0.15, 0.2) is 0 Å². The Labute approximate surface area is 65.6 Å². The van der Waals surface area contributed by atoms with Gasteiger partial charge in [-0.2, -0.15) is 0 Å². The van der Waals surface area contributed by atoms with Crippen molar-refractivity contribution in [2.75, 3.05) is 6.54 Å². The fraction of sp³-hybridized carbons (Fsp3) is 0.714. The predicted octanol–water partition coefficient (Wildman–Crippen LogP) is 0.233. The van der Waals surface area contributed by atoms with E-state index in [1.807, 2.05) is 0 Å². The van der Waals surface area contributed by atoms with Crippen LogP contribution >= 0.6 is 0 Å². The molecular formula is C7H13NO3. The maximum Gasteiger partial charge on any atom is 0.306 e. The number of carboxylic acid groups (broad SMARTS) is 1. The van der Waals surface area contributed by atoms with Gasteiger partial charge in [0, 0.05) is 13.5 Å². The molecule has 0 saturated heterocycles. The van der Waals surface area contributed by atoms with Gasteiger partial charge in [0.1, 0.15) is 0 Å². The molecule has 0 aromatic heterocycles. The van der Waals surface area contributed by atoms with E-state index in [1.165, 1.54) is 6.92 Å². The zero-order valence-corrected chi connectivity index (χ0v) is 6.76. The Morgan fingerprint density at radius 3 is 2.45 bits per heavy atom. The van der Waals surface area contributed by atoms with Crippen molar-refractivity contribution < 1.29 is 14.7 Å². The Bertz CT molecular complexity index is 156. The summed E-state index contributed by atoms with van der Waals surface area (Å²) in [5, 5.41) is 11.0. The minimum Gasteiger partial charge on any atom is -0.481 e. The van der Waals surface area contributed by atoms with Gasteiger partial charge in [-0.3, -0.25) is 9.59 Å². The molecule has 0 radical (unpaired) electrons. The van der Waals surface area contributed by atoms with Gasteiger partial charge in [-0.25, -0.2) is 0 Å². The van der Waals surface area contributed by atoms with Gasteiger partial charge in [0.25, 0.3) is 0 Å². The van der Waals surface area contributed by atoms with Gasteiger partial charge in [0.2, 0.25) is 5.91 Å². The van der Waals surface area contributed by atoms with Gasteiger partial charge >= 0.3 is 5.97 Å². The third-order valence-corrected chi connectivity index (χ3v) is 1.37. The second-order valence-electron chi connectivity index (χ2n) is 2.51. The van der Waals surface area contributed by atoms with Crippen LogP contribution in [-0.2, 0) is 9.59 Å². The molecular weight excluding hydrogens is 146 g/mol. The highest BCUT2D eigenvalue weighted by atomic mass is 16.4. The van der Waals surface area contributed by atoms with Crippen molar-refractivity contribution in [3.8, 4) is 0 Å². The molecule has 1 unspecified atom stereocenters. The number of carbonyl (C=O) groups is 2. The summed E-state index contributed by atoms with van der Waals surface area (Å²) in [6.07, 6.45) is 0.481. The Morgan fingerprint density at radius 2 is 2.09 bits per heavy atom. The second-order valence-corrected chi connectivity index (χ2v) is 2.51. The van der Waals surface area contributed by atoms with E-state index in [-0.39, 0.29) is 11.8 Å². The Morgan fingerprint density at radius 1 is 1.55 bits per heavy atom. The van der Waals surface area contributed by atoms with Crippen molar-refractivity contribution in [1.82, 2.24) is 5.32 Å².